The number of carbonyl (C=O) groups is 1. The van der Waals surface area contributed by atoms with Crippen molar-refractivity contribution in [3.63, 3.8) is 0 Å². The second-order valence-electron chi connectivity index (χ2n) is 5.50. The van der Waals surface area contributed by atoms with Crippen molar-refractivity contribution in [1.82, 2.24) is 4.98 Å². The molecule has 0 aliphatic heterocycles. The van der Waals surface area contributed by atoms with E-state index in [1.54, 1.807) is 36.5 Å². The Kier molecular flexibility index (Phi) is 5.78. The molecule has 3 aromatic rings. The molecule has 2 aromatic carbocycles. The van der Waals surface area contributed by atoms with Crippen LogP contribution in [0.25, 0.3) is 17.4 Å². The molecule has 7 heteroatoms. The van der Waals surface area contributed by atoms with Crippen molar-refractivity contribution in [2.45, 2.75) is 6.61 Å². The Hall–Kier alpha value is -3.25. The largest absolute Gasteiger partial charge is 0.504 e. The van der Waals surface area contributed by atoms with Gasteiger partial charge < -0.3 is 19.0 Å². The highest BCUT2D eigenvalue weighted by molar-refractivity contribution is 6.30. The minimum absolute atomic E-state index is 0.0256. The molecule has 138 valence electrons. The Morgan fingerprint density at radius 1 is 1.26 bits per heavy atom. The Labute approximate surface area is 160 Å². The van der Waals surface area contributed by atoms with Crippen LogP contribution >= 0.6 is 11.6 Å². The number of benzene rings is 2. The van der Waals surface area contributed by atoms with Gasteiger partial charge in [0.15, 0.2) is 23.9 Å². The minimum atomic E-state index is -0.548. The Morgan fingerprint density at radius 3 is 2.78 bits per heavy atom. The third-order valence-electron chi connectivity index (χ3n) is 3.64. The number of nitrogens with zero attached hydrogens (tertiary/aromatic N) is 1. The van der Waals surface area contributed by atoms with Crippen LogP contribution in [0.3, 0.4) is 0 Å². The lowest BCUT2D eigenvalue weighted by atomic mass is 10.2. The van der Waals surface area contributed by atoms with Crippen LogP contribution in [0.15, 0.2) is 59.2 Å². The van der Waals surface area contributed by atoms with Gasteiger partial charge in [0.05, 0.1) is 13.3 Å². The molecule has 0 unspecified atom stereocenters. The molecule has 0 spiro atoms. The van der Waals surface area contributed by atoms with Crippen LogP contribution in [0.2, 0.25) is 5.02 Å². The van der Waals surface area contributed by atoms with Gasteiger partial charge in [-0.05, 0) is 48.0 Å². The first-order valence-corrected chi connectivity index (χ1v) is 8.35. The highest BCUT2D eigenvalue weighted by Gasteiger charge is 2.08. The molecule has 3 rings (SSSR count). The summed E-state index contributed by atoms with van der Waals surface area (Å²) in [7, 11) is 1.45. The molecular weight excluding hydrogens is 370 g/mol. The first-order valence-electron chi connectivity index (χ1n) is 7.97. The van der Waals surface area contributed by atoms with Gasteiger partial charge in [-0.3, -0.25) is 0 Å². The average molecular weight is 386 g/mol. The summed E-state index contributed by atoms with van der Waals surface area (Å²) in [5.41, 5.74) is 1.51. The quantitative estimate of drug-likeness (QED) is 0.498. The molecule has 0 radical (unpaired) electrons. The number of methoxy groups -OCH3 is 1. The summed E-state index contributed by atoms with van der Waals surface area (Å²) in [4.78, 5) is 15.9. The number of halogens is 1. The van der Waals surface area contributed by atoms with Gasteiger partial charge in [0.1, 0.15) is 0 Å². The summed E-state index contributed by atoms with van der Waals surface area (Å²) >= 11 is 5.86. The smallest absolute Gasteiger partial charge is 0.331 e. The molecular formula is C20H16ClNO5. The van der Waals surface area contributed by atoms with Crippen molar-refractivity contribution < 1.29 is 23.8 Å². The molecule has 0 saturated carbocycles. The lowest BCUT2D eigenvalue weighted by Crippen LogP contribution is -2.00. The molecule has 1 heterocycles. The zero-order chi connectivity index (χ0) is 19.2. The topological polar surface area (TPSA) is 81.8 Å². The van der Waals surface area contributed by atoms with Crippen molar-refractivity contribution >= 4 is 23.6 Å². The number of aromatic hydroxyl groups is 1. The fourth-order valence-electron chi connectivity index (χ4n) is 2.27. The molecule has 0 bridgehead atoms. The number of carbonyl (C=O) groups excluding carboxylic acids is 1. The maximum absolute atomic E-state index is 11.9. The lowest BCUT2D eigenvalue weighted by Gasteiger charge is -2.03. The second kappa shape index (κ2) is 8.42. The van der Waals surface area contributed by atoms with E-state index in [0.29, 0.717) is 22.1 Å². The highest BCUT2D eigenvalue weighted by atomic mass is 35.5. The summed E-state index contributed by atoms with van der Waals surface area (Å²) in [5, 5.41) is 10.2. The molecule has 0 amide bonds. The van der Waals surface area contributed by atoms with Gasteiger partial charge in [-0.25, -0.2) is 9.78 Å². The van der Waals surface area contributed by atoms with E-state index in [1.807, 2.05) is 12.1 Å². The van der Waals surface area contributed by atoms with Crippen molar-refractivity contribution in [3.05, 3.63) is 71.2 Å². The van der Waals surface area contributed by atoms with Crippen molar-refractivity contribution in [3.8, 4) is 22.8 Å². The van der Waals surface area contributed by atoms with E-state index in [0.717, 1.165) is 5.56 Å². The van der Waals surface area contributed by atoms with Gasteiger partial charge in [0.25, 0.3) is 0 Å². The van der Waals surface area contributed by atoms with Crippen LogP contribution in [-0.2, 0) is 16.1 Å². The second-order valence-corrected chi connectivity index (χ2v) is 5.93. The summed E-state index contributed by atoms with van der Waals surface area (Å²) in [6.45, 7) is -0.0876. The summed E-state index contributed by atoms with van der Waals surface area (Å²) in [5.74, 6) is 0.642. The molecule has 1 N–H and O–H groups in total. The SMILES string of the molecule is COc1cc(/C=C/C(=O)OCc2ncc(-c3ccc(Cl)cc3)o2)ccc1O. The van der Waals surface area contributed by atoms with Crippen molar-refractivity contribution in [2.75, 3.05) is 7.11 Å². The first-order chi connectivity index (χ1) is 13.0. The number of rotatable bonds is 6. The van der Waals surface area contributed by atoms with Gasteiger partial charge in [-0.2, -0.15) is 0 Å². The van der Waals surface area contributed by atoms with Gasteiger partial charge in [0, 0.05) is 16.7 Å². The molecule has 27 heavy (non-hydrogen) atoms. The van der Waals surface area contributed by atoms with Crippen LogP contribution in [-0.4, -0.2) is 23.2 Å². The number of hydrogen-bond acceptors (Lipinski definition) is 6. The number of phenolic OH excluding ortho intramolecular Hbond substituents is 1. The molecule has 0 saturated heterocycles. The number of esters is 1. The number of aromatic nitrogens is 1. The van der Waals surface area contributed by atoms with Gasteiger partial charge in [-0.1, -0.05) is 17.7 Å². The van der Waals surface area contributed by atoms with Crippen LogP contribution < -0.4 is 4.74 Å². The van der Waals surface area contributed by atoms with Crippen LogP contribution in [0.1, 0.15) is 11.5 Å². The van der Waals surface area contributed by atoms with E-state index < -0.39 is 5.97 Å². The highest BCUT2D eigenvalue weighted by Crippen LogP contribution is 2.26. The van der Waals surface area contributed by atoms with E-state index in [9.17, 15) is 9.90 Å². The van der Waals surface area contributed by atoms with Crippen LogP contribution in [0, 0.1) is 0 Å². The molecule has 0 atom stereocenters. The zero-order valence-corrected chi connectivity index (χ0v) is 15.1. The Balaban J connectivity index is 1.57. The average Bonchev–Trinajstić information content (AvgIpc) is 3.15. The fraction of sp³-hybridized carbons (Fsp3) is 0.100. The Morgan fingerprint density at radius 2 is 2.04 bits per heavy atom. The number of oxazole rings is 1. The first kappa shape index (κ1) is 18.5. The van der Waals surface area contributed by atoms with Crippen molar-refractivity contribution in [1.29, 1.82) is 0 Å². The van der Waals surface area contributed by atoms with E-state index in [1.165, 1.54) is 19.3 Å². The zero-order valence-electron chi connectivity index (χ0n) is 14.4. The monoisotopic (exact) mass is 385 g/mol. The summed E-state index contributed by atoms with van der Waals surface area (Å²) in [6, 6.07) is 11.9. The maximum Gasteiger partial charge on any atom is 0.331 e. The van der Waals surface area contributed by atoms with Gasteiger partial charge in [-0.15, -0.1) is 0 Å². The fourth-order valence-corrected chi connectivity index (χ4v) is 2.39. The number of hydrogen-bond donors (Lipinski definition) is 1. The molecule has 0 aliphatic rings. The number of ether oxygens (including phenoxy) is 2. The third-order valence-corrected chi connectivity index (χ3v) is 3.89. The van der Waals surface area contributed by atoms with Gasteiger partial charge >= 0.3 is 5.97 Å². The third kappa shape index (κ3) is 4.89. The van der Waals surface area contributed by atoms with Crippen LogP contribution in [0.5, 0.6) is 11.5 Å². The summed E-state index contributed by atoms with van der Waals surface area (Å²) in [6.07, 6.45) is 4.39. The molecule has 1 aromatic heterocycles. The standard InChI is InChI=1S/C20H16ClNO5/c1-25-17-10-13(2-8-16(17)23)3-9-20(24)26-12-19-22-11-18(27-19)14-4-6-15(21)7-5-14/h2-11,23H,12H2,1H3/b9-3+. The molecule has 0 aliphatic carbocycles. The minimum Gasteiger partial charge on any atom is -0.504 e. The van der Waals surface area contributed by atoms with Crippen molar-refractivity contribution in [2.24, 2.45) is 0 Å². The maximum atomic E-state index is 11.9. The predicted molar refractivity (Wildman–Crippen MR) is 100 cm³/mol. The number of phenols is 1. The lowest BCUT2D eigenvalue weighted by molar-refractivity contribution is -0.139. The molecule has 0 fully saturated rings. The normalized spacial score (nSPS) is 10.9. The van der Waals surface area contributed by atoms with Crippen LogP contribution in [0.4, 0.5) is 0 Å². The summed E-state index contributed by atoms with van der Waals surface area (Å²) < 4.78 is 15.7. The van der Waals surface area contributed by atoms with Gasteiger partial charge in [0.2, 0.25) is 5.89 Å². The molecule has 6 nitrogen and oxygen atoms in total. The van der Waals surface area contributed by atoms with E-state index in [2.05, 4.69) is 4.98 Å². The Bertz CT molecular complexity index is 963. The predicted octanol–water partition coefficient (Wildman–Crippen LogP) is 4.47. The van der Waals surface area contributed by atoms with E-state index in [4.69, 9.17) is 25.5 Å². The van der Waals surface area contributed by atoms with E-state index in [-0.39, 0.29) is 18.2 Å². The van der Waals surface area contributed by atoms with E-state index >= 15 is 0 Å².